The fraction of sp³-hybridized carbons (Fsp3) is 0.188. The largest absolute Gasteiger partial charge is 0.481 e. The number of carboxylic acids is 1. The number of hydrogen-bond donors (Lipinski definition) is 1. The Hall–Kier alpha value is -1.68. The van der Waals surface area contributed by atoms with Crippen molar-refractivity contribution in [3.63, 3.8) is 0 Å². The molecule has 0 fully saturated rings. The van der Waals surface area contributed by atoms with E-state index in [9.17, 15) is 14.3 Å². The molecule has 2 aromatic carbocycles. The Morgan fingerprint density at radius 3 is 2.45 bits per heavy atom. The lowest BCUT2D eigenvalue weighted by atomic mass is 9.91. The molecule has 0 aromatic heterocycles. The van der Waals surface area contributed by atoms with E-state index in [-0.39, 0.29) is 6.42 Å². The summed E-state index contributed by atoms with van der Waals surface area (Å²) in [6.45, 7) is 1.94. The second-order valence-electron chi connectivity index (χ2n) is 4.74. The average Bonchev–Trinajstić information content (AvgIpc) is 2.39. The predicted molar refractivity (Wildman–Crippen MR) is 79.4 cm³/mol. The van der Waals surface area contributed by atoms with E-state index in [1.807, 2.05) is 19.1 Å². The van der Waals surface area contributed by atoms with E-state index in [1.165, 1.54) is 6.07 Å². The Morgan fingerprint density at radius 2 is 1.90 bits per heavy atom. The summed E-state index contributed by atoms with van der Waals surface area (Å²) in [5.74, 6) is -2.08. The van der Waals surface area contributed by atoms with Gasteiger partial charge in [0.25, 0.3) is 0 Å². The van der Waals surface area contributed by atoms with Gasteiger partial charge in [-0.25, -0.2) is 4.39 Å². The van der Waals surface area contributed by atoms with E-state index in [1.54, 1.807) is 24.3 Å². The highest BCUT2D eigenvalue weighted by molar-refractivity contribution is 9.10. The van der Waals surface area contributed by atoms with Crippen LogP contribution in [0.25, 0.3) is 0 Å². The summed E-state index contributed by atoms with van der Waals surface area (Å²) in [6, 6.07) is 12.0. The molecule has 4 heteroatoms. The molecule has 104 valence electrons. The molecule has 0 aliphatic heterocycles. The molecule has 0 amide bonds. The molecule has 0 saturated heterocycles. The Kier molecular flexibility index (Phi) is 4.55. The standard InChI is InChI=1S/C16H14BrFO2/c1-10-2-4-11(5-3-10)14(16(19)20)8-12-6-7-13(17)9-15(12)18/h2-7,9,14H,8H2,1H3,(H,19,20). The molecule has 2 nitrogen and oxygen atoms in total. The van der Waals surface area contributed by atoms with Crippen LogP contribution in [0, 0.1) is 12.7 Å². The first-order chi connectivity index (χ1) is 9.47. The highest BCUT2D eigenvalue weighted by Gasteiger charge is 2.21. The van der Waals surface area contributed by atoms with E-state index in [2.05, 4.69) is 15.9 Å². The van der Waals surface area contributed by atoms with Crippen LogP contribution in [0.2, 0.25) is 0 Å². The van der Waals surface area contributed by atoms with Crippen molar-refractivity contribution in [3.05, 3.63) is 69.4 Å². The maximum Gasteiger partial charge on any atom is 0.311 e. The van der Waals surface area contributed by atoms with Gasteiger partial charge >= 0.3 is 5.97 Å². The minimum Gasteiger partial charge on any atom is -0.481 e. The fourth-order valence-electron chi connectivity index (χ4n) is 2.05. The SMILES string of the molecule is Cc1ccc(C(Cc2ccc(Br)cc2F)C(=O)O)cc1. The molecular formula is C16H14BrFO2. The van der Waals surface area contributed by atoms with Gasteiger partial charge in [0.1, 0.15) is 5.82 Å². The average molecular weight is 337 g/mol. The molecule has 0 radical (unpaired) electrons. The van der Waals surface area contributed by atoms with E-state index >= 15 is 0 Å². The van der Waals surface area contributed by atoms with Crippen LogP contribution in [-0.4, -0.2) is 11.1 Å². The zero-order valence-corrected chi connectivity index (χ0v) is 12.5. The van der Waals surface area contributed by atoms with Gasteiger partial charge < -0.3 is 5.11 Å². The quantitative estimate of drug-likeness (QED) is 0.903. The number of aryl methyl sites for hydroxylation is 1. The van der Waals surface area contributed by atoms with Gasteiger partial charge in [-0.1, -0.05) is 51.8 Å². The maximum absolute atomic E-state index is 13.8. The lowest BCUT2D eigenvalue weighted by Crippen LogP contribution is -2.15. The van der Waals surface area contributed by atoms with Crippen molar-refractivity contribution in [2.24, 2.45) is 0 Å². The van der Waals surface area contributed by atoms with Crippen molar-refractivity contribution in [2.45, 2.75) is 19.3 Å². The zero-order chi connectivity index (χ0) is 14.7. The van der Waals surface area contributed by atoms with Crippen LogP contribution in [0.1, 0.15) is 22.6 Å². The Bertz CT molecular complexity index is 623. The maximum atomic E-state index is 13.8. The predicted octanol–water partition coefficient (Wildman–Crippen LogP) is 4.31. The lowest BCUT2D eigenvalue weighted by molar-refractivity contribution is -0.138. The Morgan fingerprint density at radius 1 is 1.25 bits per heavy atom. The van der Waals surface area contributed by atoms with Crippen molar-refractivity contribution >= 4 is 21.9 Å². The van der Waals surface area contributed by atoms with Gasteiger partial charge in [0.15, 0.2) is 0 Å². The molecule has 2 aromatic rings. The van der Waals surface area contributed by atoms with E-state index in [0.29, 0.717) is 15.6 Å². The number of halogens is 2. The number of carbonyl (C=O) groups is 1. The topological polar surface area (TPSA) is 37.3 Å². The molecule has 1 unspecified atom stereocenters. The molecule has 0 saturated carbocycles. The van der Waals surface area contributed by atoms with Crippen molar-refractivity contribution in [3.8, 4) is 0 Å². The second kappa shape index (κ2) is 6.18. The minimum absolute atomic E-state index is 0.136. The zero-order valence-electron chi connectivity index (χ0n) is 10.9. The summed E-state index contributed by atoms with van der Waals surface area (Å²) in [5, 5.41) is 9.37. The molecule has 0 bridgehead atoms. The van der Waals surface area contributed by atoms with Crippen molar-refractivity contribution in [2.75, 3.05) is 0 Å². The summed E-state index contributed by atoms with van der Waals surface area (Å²) in [4.78, 5) is 11.4. The van der Waals surface area contributed by atoms with Gasteiger partial charge in [-0.3, -0.25) is 4.79 Å². The summed E-state index contributed by atoms with van der Waals surface area (Å²) in [7, 11) is 0. The molecule has 0 heterocycles. The van der Waals surface area contributed by atoms with Crippen LogP contribution in [0.15, 0.2) is 46.9 Å². The van der Waals surface area contributed by atoms with Crippen molar-refractivity contribution in [1.82, 2.24) is 0 Å². The normalized spacial score (nSPS) is 12.2. The van der Waals surface area contributed by atoms with Crippen LogP contribution < -0.4 is 0 Å². The van der Waals surface area contributed by atoms with Gasteiger partial charge in [-0.15, -0.1) is 0 Å². The third kappa shape index (κ3) is 3.45. The van der Waals surface area contributed by atoms with E-state index < -0.39 is 17.7 Å². The van der Waals surface area contributed by atoms with Gasteiger partial charge in [-0.2, -0.15) is 0 Å². The molecule has 0 aliphatic rings. The third-order valence-corrected chi connectivity index (χ3v) is 3.71. The first kappa shape index (κ1) is 14.7. The summed E-state index contributed by atoms with van der Waals surface area (Å²) >= 11 is 3.19. The molecule has 1 N–H and O–H groups in total. The highest BCUT2D eigenvalue weighted by atomic mass is 79.9. The Balaban J connectivity index is 2.30. The summed E-state index contributed by atoms with van der Waals surface area (Å²) < 4.78 is 14.5. The number of benzene rings is 2. The molecule has 0 spiro atoms. The van der Waals surface area contributed by atoms with Crippen LogP contribution >= 0.6 is 15.9 Å². The molecule has 1 atom stereocenters. The third-order valence-electron chi connectivity index (χ3n) is 3.22. The second-order valence-corrected chi connectivity index (χ2v) is 5.66. The van der Waals surface area contributed by atoms with Crippen LogP contribution in [0.5, 0.6) is 0 Å². The molecule has 0 aliphatic carbocycles. The van der Waals surface area contributed by atoms with Crippen molar-refractivity contribution in [1.29, 1.82) is 0 Å². The van der Waals surface area contributed by atoms with Gasteiger partial charge in [-0.05, 0) is 36.6 Å². The molecule has 2 rings (SSSR count). The summed E-state index contributed by atoms with van der Waals surface area (Å²) in [5.41, 5.74) is 2.15. The van der Waals surface area contributed by atoms with Gasteiger partial charge in [0.2, 0.25) is 0 Å². The monoisotopic (exact) mass is 336 g/mol. The molecular weight excluding hydrogens is 323 g/mol. The van der Waals surface area contributed by atoms with Gasteiger partial charge in [0.05, 0.1) is 5.92 Å². The Labute approximate surface area is 125 Å². The summed E-state index contributed by atoms with van der Waals surface area (Å²) in [6.07, 6.45) is 0.136. The fourth-order valence-corrected chi connectivity index (χ4v) is 2.39. The van der Waals surface area contributed by atoms with Crippen LogP contribution in [0.3, 0.4) is 0 Å². The first-order valence-electron chi connectivity index (χ1n) is 6.20. The van der Waals surface area contributed by atoms with E-state index in [0.717, 1.165) is 5.56 Å². The van der Waals surface area contributed by atoms with Crippen molar-refractivity contribution < 1.29 is 14.3 Å². The number of aliphatic carboxylic acids is 1. The van der Waals surface area contributed by atoms with Crippen LogP contribution in [-0.2, 0) is 11.2 Å². The molecule has 20 heavy (non-hydrogen) atoms. The van der Waals surface area contributed by atoms with Crippen LogP contribution in [0.4, 0.5) is 4.39 Å². The van der Waals surface area contributed by atoms with E-state index in [4.69, 9.17) is 0 Å². The number of carboxylic acid groups (broad SMARTS) is 1. The smallest absolute Gasteiger partial charge is 0.311 e. The number of rotatable bonds is 4. The highest BCUT2D eigenvalue weighted by Crippen LogP contribution is 2.24. The minimum atomic E-state index is -0.948. The lowest BCUT2D eigenvalue weighted by Gasteiger charge is -2.14. The number of hydrogen-bond acceptors (Lipinski definition) is 1. The first-order valence-corrected chi connectivity index (χ1v) is 7.00. The van der Waals surface area contributed by atoms with Gasteiger partial charge in [0, 0.05) is 4.47 Å².